The summed E-state index contributed by atoms with van der Waals surface area (Å²) in [5.74, 6) is 0. The maximum Gasteiger partial charge on any atom is 0.141 e. The fourth-order valence-corrected chi connectivity index (χ4v) is 7.03. The molecule has 1 unspecified atom stereocenters. The maximum absolute atomic E-state index is 13.5. The summed E-state index contributed by atoms with van der Waals surface area (Å²) in [5, 5.41) is 4.34. The molecule has 1 atom stereocenters. The molecule has 1 aromatic heterocycles. The van der Waals surface area contributed by atoms with Gasteiger partial charge in [0.25, 0.3) is 0 Å². The maximum atomic E-state index is 13.5. The lowest BCUT2D eigenvalue weighted by Gasteiger charge is -2.13. The normalized spacial score (nSPS) is 16.8. The van der Waals surface area contributed by atoms with Crippen molar-refractivity contribution in [2.75, 3.05) is 6.66 Å². The third kappa shape index (κ3) is 2.80. The zero-order chi connectivity index (χ0) is 21.0. The molecule has 0 N–H and O–H groups in total. The van der Waals surface area contributed by atoms with Gasteiger partial charge in [-0.05, 0) is 75.6 Å². The average molecular weight is 417 g/mol. The molecule has 0 aliphatic carbocycles. The van der Waals surface area contributed by atoms with Crippen LogP contribution in [0, 0.1) is 0 Å². The first-order valence-corrected chi connectivity index (χ1v) is 12.5. The Bertz CT molecular complexity index is 1520. The summed E-state index contributed by atoms with van der Waals surface area (Å²) in [4.78, 5) is 4.33. The van der Waals surface area contributed by atoms with Crippen LogP contribution >= 0.6 is 7.14 Å². The van der Waals surface area contributed by atoms with E-state index in [1.807, 2.05) is 37.1 Å². The molecule has 6 rings (SSSR count). The first-order valence-electron chi connectivity index (χ1n) is 10.4. The first kappa shape index (κ1) is 18.3. The molecule has 1 aliphatic rings. The zero-order valence-electron chi connectivity index (χ0n) is 17.1. The molecule has 0 radical (unpaired) electrons. The van der Waals surface area contributed by atoms with Gasteiger partial charge in [0.15, 0.2) is 0 Å². The van der Waals surface area contributed by atoms with Gasteiger partial charge < -0.3 is 4.57 Å². The lowest BCUT2D eigenvalue weighted by molar-refractivity contribution is 0.591. The molecule has 0 saturated heterocycles. The summed E-state index contributed by atoms with van der Waals surface area (Å²) < 4.78 is 13.5. The van der Waals surface area contributed by atoms with Gasteiger partial charge >= 0.3 is 0 Å². The van der Waals surface area contributed by atoms with Crippen molar-refractivity contribution < 1.29 is 4.57 Å². The summed E-state index contributed by atoms with van der Waals surface area (Å²) in [6, 6.07) is 31.5. The van der Waals surface area contributed by atoms with E-state index < -0.39 is 7.14 Å². The van der Waals surface area contributed by atoms with E-state index in [2.05, 4.69) is 71.7 Å². The molecule has 1 aliphatic heterocycles. The number of pyridine rings is 1. The highest BCUT2D eigenvalue weighted by atomic mass is 31.2. The van der Waals surface area contributed by atoms with Gasteiger partial charge in [-0.2, -0.15) is 0 Å². The van der Waals surface area contributed by atoms with Gasteiger partial charge in [0.05, 0.1) is 0 Å². The Morgan fingerprint density at radius 3 is 2.29 bits per heavy atom. The second-order valence-corrected chi connectivity index (χ2v) is 11.0. The van der Waals surface area contributed by atoms with Crippen LogP contribution in [0.5, 0.6) is 0 Å². The van der Waals surface area contributed by atoms with Crippen LogP contribution in [0.4, 0.5) is 0 Å². The number of fused-ring (bicyclic) bond motifs is 4. The van der Waals surface area contributed by atoms with Gasteiger partial charge in [-0.3, -0.25) is 4.98 Å². The molecule has 0 saturated carbocycles. The molecule has 5 aromatic rings. The van der Waals surface area contributed by atoms with E-state index in [9.17, 15) is 4.57 Å². The minimum Gasteiger partial charge on any atom is -0.314 e. The Morgan fingerprint density at radius 2 is 1.42 bits per heavy atom. The van der Waals surface area contributed by atoms with Crippen LogP contribution in [0.25, 0.3) is 44.2 Å². The molecule has 2 heterocycles. The molecular weight excluding hydrogens is 397 g/mol. The largest absolute Gasteiger partial charge is 0.314 e. The fourth-order valence-electron chi connectivity index (χ4n) is 4.74. The van der Waals surface area contributed by atoms with E-state index in [4.69, 9.17) is 0 Å². The van der Waals surface area contributed by atoms with Crippen LogP contribution in [0.3, 0.4) is 0 Å². The van der Waals surface area contributed by atoms with E-state index in [0.717, 1.165) is 38.4 Å². The molecule has 0 bridgehead atoms. The molecule has 2 nitrogen and oxygen atoms in total. The summed E-state index contributed by atoms with van der Waals surface area (Å²) in [6.07, 6.45) is 3.72. The third-order valence-corrected chi connectivity index (χ3v) is 8.90. The van der Waals surface area contributed by atoms with E-state index >= 15 is 0 Å². The van der Waals surface area contributed by atoms with Crippen molar-refractivity contribution in [2.45, 2.75) is 0 Å². The minimum atomic E-state index is -2.54. The van der Waals surface area contributed by atoms with Crippen molar-refractivity contribution in [3.63, 3.8) is 0 Å². The van der Waals surface area contributed by atoms with E-state index in [0.29, 0.717) is 0 Å². The van der Waals surface area contributed by atoms with Crippen LogP contribution in [0.15, 0.2) is 103 Å². The van der Waals surface area contributed by atoms with Crippen LogP contribution in [-0.4, -0.2) is 11.6 Å². The Labute approximate surface area is 181 Å². The van der Waals surface area contributed by atoms with Gasteiger partial charge in [-0.15, -0.1) is 0 Å². The summed E-state index contributed by atoms with van der Waals surface area (Å²) in [6.45, 7) is 1.88. The second kappa shape index (κ2) is 6.77. The van der Waals surface area contributed by atoms with Crippen molar-refractivity contribution in [3.8, 4) is 33.4 Å². The van der Waals surface area contributed by atoms with Crippen LogP contribution in [0.1, 0.15) is 0 Å². The van der Waals surface area contributed by atoms with Crippen LogP contribution in [0.2, 0.25) is 0 Å². The second-order valence-electron chi connectivity index (χ2n) is 8.16. The van der Waals surface area contributed by atoms with Gasteiger partial charge in [-0.1, -0.05) is 60.7 Å². The number of aromatic nitrogens is 1. The minimum absolute atomic E-state index is 0.964. The van der Waals surface area contributed by atoms with Crippen LogP contribution < -0.4 is 10.6 Å². The van der Waals surface area contributed by atoms with E-state index in [-0.39, 0.29) is 0 Å². The Balaban J connectivity index is 1.59. The highest BCUT2D eigenvalue weighted by molar-refractivity contribution is 7.79. The third-order valence-electron chi connectivity index (χ3n) is 6.28. The highest BCUT2D eigenvalue weighted by Gasteiger charge is 2.34. The predicted octanol–water partition coefficient (Wildman–Crippen LogP) is 6.49. The number of hydrogen-bond acceptors (Lipinski definition) is 2. The van der Waals surface area contributed by atoms with Crippen LogP contribution in [-0.2, 0) is 4.57 Å². The van der Waals surface area contributed by atoms with E-state index in [1.165, 1.54) is 16.3 Å². The number of hydrogen-bond donors (Lipinski definition) is 0. The van der Waals surface area contributed by atoms with Crippen molar-refractivity contribution in [2.24, 2.45) is 0 Å². The van der Waals surface area contributed by atoms with Crippen molar-refractivity contribution in [1.82, 2.24) is 4.98 Å². The molecule has 4 aromatic carbocycles. The lowest BCUT2D eigenvalue weighted by atomic mass is 9.92. The molecule has 0 spiro atoms. The van der Waals surface area contributed by atoms with Gasteiger partial charge in [-0.25, -0.2) is 0 Å². The number of benzene rings is 4. The first-order chi connectivity index (χ1) is 15.1. The topological polar surface area (TPSA) is 30.0 Å². The quantitative estimate of drug-likeness (QED) is 0.307. The van der Waals surface area contributed by atoms with Crippen molar-refractivity contribution >= 4 is 28.5 Å². The molecule has 0 amide bonds. The molecular formula is C28H20NOP. The SMILES string of the molecule is CP1(=O)c2ccccc2-c2cc(-c3cc(-c4cccnc4)c4ccccc4c3)ccc21. The van der Waals surface area contributed by atoms with Gasteiger partial charge in [0.1, 0.15) is 7.14 Å². The van der Waals surface area contributed by atoms with Gasteiger partial charge in [0.2, 0.25) is 0 Å². The summed E-state index contributed by atoms with van der Waals surface area (Å²) in [5.41, 5.74) is 6.74. The smallest absolute Gasteiger partial charge is 0.141 e. The van der Waals surface area contributed by atoms with Crippen molar-refractivity contribution in [3.05, 3.63) is 103 Å². The lowest BCUT2D eigenvalue weighted by Crippen LogP contribution is -2.07. The Morgan fingerprint density at radius 1 is 0.645 bits per heavy atom. The fraction of sp³-hybridized carbons (Fsp3) is 0.0357. The standard InChI is InChI=1S/C28H20NOP/c1-31(30)27-11-5-4-10-24(27)26-16-19(12-13-28(26)31)22-15-20-7-2-3-9-23(20)25(17-22)21-8-6-14-29-18-21/h2-18H,1H3. The van der Waals surface area contributed by atoms with E-state index in [1.54, 1.807) is 6.20 Å². The summed E-state index contributed by atoms with van der Waals surface area (Å²) in [7, 11) is -2.54. The molecule has 31 heavy (non-hydrogen) atoms. The average Bonchev–Trinajstić information content (AvgIpc) is 3.05. The van der Waals surface area contributed by atoms with Crippen molar-refractivity contribution in [1.29, 1.82) is 0 Å². The number of nitrogens with zero attached hydrogens (tertiary/aromatic N) is 1. The summed E-state index contributed by atoms with van der Waals surface area (Å²) >= 11 is 0. The predicted molar refractivity (Wildman–Crippen MR) is 131 cm³/mol. The molecule has 148 valence electrons. The highest BCUT2D eigenvalue weighted by Crippen LogP contribution is 2.50. The number of rotatable bonds is 2. The monoisotopic (exact) mass is 417 g/mol. The zero-order valence-corrected chi connectivity index (χ0v) is 18.0. The molecule has 0 fully saturated rings. The van der Waals surface area contributed by atoms with Gasteiger partial charge in [0, 0.05) is 28.6 Å². The molecule has 3 heteroatoms. The Hall–Kier alpha value is -3.48. The Kier molecular flexibility index (Phi) is 4.00.